The number of carbonyl (C=O) groups is 1. The number of phenolic OH excluding ortho intramolecular Hbond substituents is 1. The van der Waals surface area contributed by atoms with Gasteiger partial charge < -0.3 is 20.6 Å². The maximum atomic E-state index is 12.1. The van der Waals surface area contributed by atoms with Gasteiger partial charge in [-0.3, -0.25) is 9.52 Å². The molecule has 1 amide bonds. The van der Waals surface area contributed by atoms with Crippen LogP contribution in [0.15, 0.2) is 29.6 Å². The normalized spacial score (nSPS) is 14.4. The van der Waals surface area contributed by atoms with Crippen LogP contribution in [0, 0.1) is 17.2 Å². The van der Waals surface area contributed by atoms with E-state index in [1.54, 1.807) is 12.1 Å². The van der Waals surface area contributed by atoms with Gasteiger partial charge >= 0.3 is 0 Å². The highest BCUT2D eigenvalue weighted by molar-refractivity contribution is 7.92. The first kappa shape index (κ1) is 22.6. The molecule has 2 rings (SSSR count). The quantitative estimate of drug-likeness (QED) is 0.364. The minimum atomic E-state index is -3.52. The Kier molecular flexibility index (Phi) is 7.52. The maximum absolute atomic E-state index is 12.1. The summed E-state index contributed by atoms with van der Waals surface area (Å²) in [5.74, 6) is -1.53. The Morgan fingerprint density at radius 3 is 2.55 bits per heavy atom. The van der Waals surface area contributed by atoms with Crippen LogP contribution in [0.25, 0.3) is 0 Å². The van der Waals surface area contributed by atoms with E-state index in [-0.39, 0.29) is 29.5 Å². The van der Waals surface area contributed by atoms with Gasteiger partial charge in [0.2, 0.25) is 10.0 Å². The summed E-state index contributed by atoms with van der Waals surface area (Å²) in [6, 6.07) is 8.04. The minimum Gasteiger partial charge on any atom is -0.508 e. The van der Waals surface area contributed by atoms with E-state index in [1.165, 1.54) is 17.5 Å². The predicted molar refractivity (Wildman–Crippen MR) is 106 cm³/mol. The summed E-state index contributed by atoms with van der Waals surface area (Å²) in [6.07, 6.45) is -1.73. The molecule has 29 heavy (non-hydrogen) atoms. The molecular formula is C17H20N4O6S2. The standard InChI is InChI=1S/C17H20N4O6S2/c1-29(26,27)21-17-20-13(9-28-17)16(25)19-8-14(23)15(24)11(7-18)6-10-2-4-12(22)5-3-10/h2-5,9,11,14-15,22-24H,6,8H2,1H3,(H,19,25)(H,20,21). The first-order chi connectivity index (χ1) is 13.6. The molecular weight excluding hydrogens is 420 g/mol. The summed E-state index contributed by atoms with van der Waals surface area (Å²) >= 11 is 0.921. The molecule has 1 heterocycles. The zero-order valence-electron chi connectivity index (χ0n) is 15.3. The van der Waals surface area contributed by atoms with Crippen molar-refractivity contribution < 1.29 is 28.5 Å². The summed E-state index contributed by atoms with van der Waals surface area (Å²) in [5.41, 5.74) is 0.641. The lowest BCUT2D eigenvalue weighted by Crippen LogP contribution is -2.42. The first-order valence-electron chi connectivity index (χ1n) is 8.34. The fourth-order valence-electron chi connectivity index (χ4n) is 2.39. The number of nitrogens with one attached hydrogen (secondary N) is 2. The van der Waals surface area contributed by atoms with Gasteiger partial charge in [0.15, 0.2) is 5.13 Å². The van der Waals surface area contributed by atoms with Crippen LogP contribution in [0.2, 0.25) is 0 Å². The van der Waals surface area contributed by atoms with E-state index < -0.39 is 34.1 Å². The molecule has 3 unspecified atom stereocenters. The second kappa shape index (κ2) is 9.66. The Balaban J connectivity index is 1.91. The van der Waals surface area contributed by atoms with Crippen molar-refractivity contribution in [3.63, 3.8) is 0 Å². The van der Waals surface area contributed by atoms with Crippen molar-refractivity contribution >= 4 is 32.4 Å². The molecule has 0 saturated heterocycles. The number of carbonyl (C=O) groups excluding carboxylic acids is 1. The highest BCUT2D eigenvalue weighted by Crippen LogP contribution is 2.18. The number of amides is 1. The monoisotopic (exact) mass is 440 g/mol. The molecule has 0 aliphatic rings. The molecule has 5 N–H and O–H groups in total. The van der Waals surface area contributed by atoms with E-state index in [4.69, 9.17) is 0 Å². The van der Waals surface area contributed by atoms with Gasteiger partial charge in [0.1, 0.15) is 11.4 Å². The van der Waals surface area contributed by atoms with Crippen molar-refractivity contribution in [1.82, 2.24) is 10.3 Å². The van der Waals surface area contributed by atoms with Crippen molar-refractivity contribution in [3.05, 3.63) is 40.9 Å². The number of benzene rings is 1. The van der Waals surface area contributed by atoms with Gasteiger partial charge in [-0.25, -0.2) is 13.4 Å². The maximum Gasteiger partial charge on any atom is 0.270 e. The Morgan fingerprint density at radius 2 is 1.97 bits per heavy atom. The molecule has 0 aliphatic carbocycles. The molecule has 0 fully saturated rings. The molecule has 0 aliphatic heterocycles. The molecule has 0 bridgehead atoms. The van der Waals surface area contributed by atoms with Crippen molar-refractivity contribution in [2.75, 3.05) is 17.5 Å². The molecule has 10 nitrogen and oxygen atoms in total. The Hall–Kier alpha value is -2.72. The second-order valence-corrected chi connectivity index (χ2v) is 8.89. The fraction of sp³-hybridized carbons (Fsp3) is 0.353. The van der Waals surface area contributed by atoms with E-state index in [2.05, 4.69) is 15.0 Å². The van der Waals surface area contributed by atoms with Crippen LogP contribution in [0.3, 0.4) is 0 Å². The number of aromatic hydroxyl groups is 1. The van der Waals surface area contributed by atoms with Gasteiger partial charge in [-0.1, -0.05) is 12.1 Å². The summed E-state index contributed by atoms with van der Waals surface area (Å²) in [4.78, 5) is 15.9. The van der Waals surface area contributed by atoms with Gasteiger partial charge in [0.05, 0.1) is 30.5 Å². The number of thiazole rings is 1. The summed E-state index contributed by atoms with van der Waals surface area (Å²) in [7, 11) is -3.52. The number of aromatic nitrogens is 1. The lowest BCUT2D eigenvalue weighted by atomic mass is 9.92. The molecule has 2 aromatic rings. The smallest absolute Gasteiger partial charge is 0.270 e. The number of nitrogens with zero attached hydrogens (tertiary/aromatic N) is 2. The van der Waals surface area contributed by atoms with E-state index in [0.29, 0.717) is 5.56 Å². The molecule has 0 saturated carbocycles. The first-order valence-corrected chi connectivity index (χ1v) is 11.1. The molecule has 0 radical (unpaired) electrons. The number of sulfonamides is 1. The Bertz CT molecular complexity index is 984. The summed E-state index contributed by atoms with van der Waals surface area (Å²) < 4.78 is 24.5. The number of aliphatic hydroxyl groups is 2. The van der Waals surface area contributed by atoms with E-state index in [9.17, 15) is 33.8 Å². The summed E-state index contributed by atoms with van der Waals surface area (Å²) in [5, 5.41) is 42.7. The fourth-order valence-corrected chi connectivity index (χ4v) is 3.93. The van der Waals surface area contributed by atoms with Crippen LogP contribution in [-0.4, -0.2) is 59.6 Å². The average molecular weight is 441 g/mol. The van der Waals surface area contributed by atoms with Gasteiger partial charge in [-0.15, -0.1) is 11.3 Å². The topological polar surface area (TPSA) is 173 Å². The lowest BCUT2D eigenvalue weighted by molar-refractivity contribution is -0.00203. The molecule has 156 valence electrons. The number of anilines is 1. The van der Waals surface area contributed by atoms with Crippen LogP contribution < -0.4 is 10.0 Å². The average Bonchev–Trinajstić information content (AvgIpc) is 3.11. The SMILES string of the molecule is CS(=O)(=O)Nc1nc(C(=O)NCC(O)C(O)C(C#N)Cc2ccc(O)cc2)cs1. The van der Waals surface area contributed by atoms with Gasteiger partial charge in [0, 0.05) is 11.9 Å². The number of hydrogen-bond donors (Lipinski definition) is 5. The third-order valence-corrected chi connectivity index (χ3v) is 5.30. The Labute approximate surface area is 171 Å². The Morgan fingerprint density at radius 1 is 1.31 bits per heavy atom. The highest BCUT2D eigenvalue weighted by Gasteiger charge is 2.27. The van der Waals surface area contributed by atoms with E-state index >= 15 is 0 Å². The number of nitriles is 1. The van der Waals surface area contributed by atoms with Crippen LogP contribution in [0.1, 0.15) is 16.1 Å². The molecule has 3 atom stereocenters. The summed E-state index contributed by atoms with van der Waals surface area (Å²) in [6.45, 7) is -0.333. The zero-order chi connectivity index (χ0) is 21.6. The second-order valence-electron chi connectivity index (χ2n) is 6.29. The van der Waals surface area contributed by atoms with Crippen LogP contribution in [0.4, 0.5) is 5.13 Å². The van der Waals surface area contributed by atoms with Gasteiger partial charge in [0.25, 0.3) is 5.91 Å². The van der Waals surface area contributed by atoms with Crippen LogP contribution >= 0.6 is 11.3 Å². The largest absolute Gasteiger partial charge is 0.508 e. The molecule has 12 heteroatoms. The van der Waals surface area contributed by atoms with Crippen LogP contribution in [-0.2, 0) is 16.4 Å². The van der Waals surface area contributed by atoms with E-state index in [0.717, 1.165) is 17.6 Å². The number of rotatable bonds is 9. The number of aliphatic hydroxyl groups excluding tert-OH is 2. The van der Waals surface area contributed by atoms with Crippen molar-refractivity contribution in [3.8, 4) is 11.8 Å². The van der Waals surface area contributed by atoms with Crippen molar-refractivity contribution in [2.24, 2.45) is 5.92 Å². The van der Waals surface area contributed by atoms with Crippen LogP contribution in [0.5, 0.6) is 5.75 Å². The van der Waals surface area contributed by atoms with Gasteiger partial charge in [-0.2, -0.15) is 5.26 Å². The third-order valence-electron chi connectivity index (χ3n) is 3.85. The predicted octanol–water partition coefficient (Wildman–Crippen LogP) is 0.0543. The van der Waals surface area contributed by atoms with Crippen molar-refractivity contribution in [1.29, 1.82) is 5.26 Å². The highest BCUT2D eigenvalue weighted by atomic mass is 32.2. The third kappa shape index (κ3) is 6.99. The molecule has 1 aromatic carbocycles. The lowest BCUT2D eigenvalue weighted by Gasteiger charge is -2.22. The molecule has 1 aromatic heterocycles. The zero-order valence-corrected chi connectivity index (χ0v) is 16.9. The number of hydrogen-bond acceptors (Lipinski definition) is 9. The number of phenols is 1. The van der Waals surface area contributed by atoms with Gasteiger partial charge in [-0.05, 0) is 24.1 Å². The van der Waals surface area contributed by atoms with E-state index in [1.807, 2.05) is 6.07 Å². The van der Waals surface area contributed by atoms with Crippen molar-refractivity contribution in [2.45, 2.75) is 18.6 Å². The minimum absolute atomic E-state index is 0.0247. The molecule has 0 spiro atoms.